The number of hydrazone groups is 1. The summed E-state index contributed by atoms with van der Waals surface area (Å²) >= 11 is 3.45. The SMILES string of the molecule is CCOc1cc(/C=N/NC(=O)c2ccccc2C(F)(F)F)cc(Br)c1OCc1ccccc1. The molecule has 0 radical (unpaired) electrons. The number of benzene rings is 3. The van der Waals surface area contributed by atoms with Gasteiger partial charge in [-0.05, 0) is 58.2 Å². The molecule has 33 heavy (non-hydrogen) atoms. The van der Waals surface area contributed by atoms with Crippen LogP contribution in [0.4, 0.5) is 13.2 Å². The molecule has 0 aliphatic heterocycles. The van der Waals surface area contributed by atoms with Crippen LogP contribution < -0.4 is 14.9 Å². The fourth-order valence-corrected chi connectivity index (χ4v) is 3.52. The van der Waals surface area contributed by atoms with Crippen molar-refractivity contribution >= 4 is 28.1 Å². The van der Waals surface area contributed by atoms with Gasteiger partial charge in [0.2, 0.25) is 0 Å². The minimum atomic E-state index is -4.65. The summed E-state index contributed by atoms with van der Waals surface area (Å²) in [4.78, 5) is 12.2. The number of hydrogen-bond acceptors (Lipinski definition) is 4. The Morgan fingerprint density at radius 2 is 1.76 bits per heavy atom. The highest BCUT2D eigenvalue weighted by Gasteiger charge is 2.34. The smallest absolute Gasteiger partial charge is 0.417 e. The number of hydrogen-bond donors (Lipinski definition) is 1. The van der Waals surface area contributed by atoms with E-state index in [9.17, 15) is 18.0 Å². The number of carbonyl (C=O) groups is 1. The molecule has 172 valence electrons. The fraction of sp³-hybridized carbons (Fsp3) is 0.167. The van der Waals surface area contributed by atoms with Crippen LogP contribution in [0, 0.1) is 0 Å². The van der Waals surface area contributed by atoms with Crippen molar-refractivity contribution < 1.29 is 27.4 Å². The van der Waals surface area contributed by atoms with Crippen LogP contribution in [0.3, 0.4) is 0 Å². The lowest BCUT2D eigenvalue weighted by atomic mass is 10.1. The lowest BCUT2D eigenvalue weighted by molar-refractivity contribution is -0.137. The normalized spacial score (nSPS) is 11.4. The molecule has 3 aromatic rings. The Bertz CT molecular complexity index is 1140. The third-order valence-electron chi connectivity index (χ3n) is 4.41. The zero-order valence-corrected chi connectivity index (χ0v) is 19.1. The molecule has 0 fully saturated rings. The Hall–Kier alpha value is -3.33. The molecular formula is C24H20BrF3N2O3. The highest BCUT2D eigenvalue weighted by Crippen LogP contribution is 2.37. The molecule has 0 unspecified atom stereocenters. The molecule has 0 aliphatic carbocycles. The van der Waals surface area contributed by atoms with Gasteiger partial charge in [-0.1, -0.05) is 42.5 Å². The first-order chi connectivity index (χ1) is 15.8. The topological polar surface area (TPSA) is 59.9 Å². The van der Waals surface area contributed by atoms with Gasteiger partial charge in [0.05, 0.1) is 28.4 Å². The molecule has 1 N–H and O–H groups in total. The molecule has 3 rings (SSSR count). The molecule has 5 nitrogen and oxygen atoms in total. The van der Waals surface area contributed by atoms with Gasteiger partial charge in [-0.15, -0.1) is 0 Å². The molecule has 0 heterocycles. The van der Waals surface area contributed by atoms with Crippen LogP contribution in [-0.2, 0) is 12.8 Å². The average molecular weight is 521 g/mol. The Morgan fingerprint density at radius 1 is 1.06 bits per heavy atom. The van der Waals surface area contributed by atoms with E-state index in [1.165, 1.54) is 18.3 Å². The number of alkyl halides is 3. The van der Waals surface area contributed by atoms with Gasteiger partial charge in [0.25, 0.3) is 5.91 Å². The molecule has 0 aliphatic rings. The van der Waals surface area contributed by atoms with Gasteiger partial charge in [-0.2, -0.15) is 18.3 Å². The number of halogens is 4. The largest absolute Gasteiger partial charge is 0.490 e. The quantitative estimate of drug-likeness (QED) is 0.283. The molecule has 0 saturated carbocycles. The Morgan fingerprint density at radius 3 is 2.45 bits per heavy atom. The van der Waals surface area contributed by atoms with E-state index < -0.39 is 23.2 Å². The highest BCUT2D eigenvalue weighted by atomic mass is 79.9. The number of nitrogens with zero attached hydrogens (tertiary/aromatic N) is 1. The summed E-state index contributed by atoms with van der Waals surface area (Å²) in [6.07, 6.45) is -3.34. The van der Waals surface area contributed by atoms with E-state index >= 15 is 0 Å². The third-order valence-corrected chi connectivity index (χ3v) is 5.00. The Labute approximate surface area is 197 Å². The summed E-state index contributed by atoms with van der Waals surface area (Å²) in [5.74, 6) is -0.00919. The Kier molecular flexibility index (Phi) is 8.11. The maximum atomic E-state index is 13.1. The molecule has 0 aromatic heterocycles. The van der Waals surface area contributed by atoms with Crippen molar-refractivity contribution in [3.63, 3.8) is 0 Å². The van der Waals surface area contributed by atoms with Crippen molar-refractivity contribution in [2.45, 2.75) is 19.7 Å². The van der Waals surface area contributed by atoms with Crippen molar-refractivity contribution in [2.75, 3.05) is 6.61 Å². The van der Waals surface area contributed by atoms with Crippen LogP contribution in [0.2, 0.25) is 0 Å². The summed E-state index contributed by atoms with van der Waals surface area (Å²) in [6.45, 7) is 2.55. The van der Waals surface area contributed by atoms with Crippen LogP contribution in [0.1, 0.15) is 34.0 Å². The van der Waals surface area contributed by atoms with Crippen LogP contribution in [0.25, 0.3) is 0 Å². The molecule has 3 aromatic carbocycles. The predicted octanol–water partition coefficient (Wildman–Crippen LogP) is 6.21. The van der Waals surface area contributed by atoms with Crippen molar-refractivity contribution in [2.24, 2.45) is 5.10 Å². The number of ether oxygens (including phenoxy) is 2. The summed E-state index contributed by atoms with van der Waals surface area (Å²) in [7, 11) is 0. The van der Waals surface area contributed by atoms with E-state index in [1.54, 1.807) is 12.1 Å². The van der Waals surface area contributed by atoms with Crippen molar-refractivity contribution in [1.29, 1.82) is 0 Å². The second-order valence-electron chi connectivity index (χ2n) is 6.78. The molecule has 1 amide bonds. The molecule has 0 bridgehead atoms. The van der Waals surface area contributed by atoms with Gasteiger partial charge < -0.3 is 9.47 Å². The van der Waals surface area contributed by atoms with Crippen LogP contribution in [-0.4, -0.2) is 18.7 Å². The lowest BCUT2D eigenvalue weighted by Crippen LogP contribution is -2.22. The van der Waals surface area contributed by atoms with Crippen LogP contribution >= 0.6 is 15.9 Å². The molecule has 0 spiro atoms. The van der Waals surface area contributed by atoms with Gasteiger partial charge in [-0.25, -0.2) is 5.43 Å². The van der Waals surface area contributed by atoms with E-state index in [-0.39, 0.29) is 0 Å². The fourth-order valence-electron chi connectivity index (χ4n) is 2.95. The standard InChI is InChI=1S/C24H20BrF3N2O3/c1-2-32-21-13-17(12-20(25)22(21)33-15-16-8-4-3-5-9-16)14-29-30-23(31)18-10-6-7-11-19(18)24(26,27)28/h3-14H,2,15H2,1H3,(H,30,31)/b29-14+. The summed E-state index contributed by atoms with van der Waals surface area (Å²) < 4.78 is 51.5. The third kappa shape index (κ3) is 6.58. The monoisotopic (exact) mass is 520 g/mol. The van der Waals surface area contributed by atoms with Gasteiger partial charge >= 0.3 is 6.18 Å². The minimum Gasteiger partial charge on any atom is -0.490 e. The molecule has 9 heteroatoms. The predicted molar refractivity (Wildman–Crippen MR) is 123 cm³/mol. The summed E-state index contributed by atoms with van der Waals surface area (Å²) in [6, 6.07) is 17.5. The second-order valence-corrected chi connectivity index (χ2v) is 7.63. The van der Waals surface area contributed by atoms with Crippen molar-refractivity contribution in [3.05, 3.63) is 93.5 Å². The molecular weight excluding hydrogens is 501 g/mol. The minimum absolute atomic E-state index is 0.335. The summed E-state index contributed by atoms with van der Waals surface area (Å²) in [5, 5.41) is 3.80. The van der Waals surface area contributed by atoms with E-state index in [0.29, 0.717) is 34.7 Å². The second kappa shape index (κ2) is 11.0. The van der Waals surface area contributed by atoms with Gasteiger partial charge in [0, 0.05) is 0 Å². The first-order valence-corrected chi connectivity index (χ1v) is 10.7. The van der Waals surface area contributed by atoms with E-state index in [1.807, 2.05) is 37.3 Å². The highest BCUT2D eigenvalue weighted by molar-refractivity contribution is 9.10. The average Bonchev–Trinajstić information content (AvgIpc) is 2.79. The first-order valence-electron chi connectivity index (χ1n) is 9.92. The van der Waals surface area contributed by atoms with E-state index in [4.69, 9.17) is 9.47 Å². The zero-order valence-electron chi connectivity index (χ0n) is 17.5. The van der Waals surface area contributed by atoms with Gasteiger partial charge in [0.15, 0.2) is 11.5 Å². The first kappa shape index (κ1) is 24.3. The van der Waals surface area contributed by atoms with Gasteiger partial charge in [-0.3, -0.25) is 4.79 Å². The maximum absolute atomic E-state index is 13.1. The maximum Gasteiger partial charge on any atom is 0.417 e. The number of carbonyl (C=O) groups excluding carboxylic acids is 1. The van der Waals surface area contributed by atoms with Crippen LogP contribution in [0.5, 0.6) is 11.5 Å². The van der Waals surface area contributed by atoms with Gasteiger partial charge in [0.1, 0.15) is 6.61 Å². The Balaban J connectivity index is 1.75. The van der Waals surface area contributed by atoms with Crippen molar-refractivity contribution in [1.82, 2.24) is 5.43 Å². The zero-order chi connectivity index (χ0) is 23.8. The van der Waals surface area contributed by atoms with Crippen molar-refractivity contribution in [3.8, 4) is 11.5 Å². The number of nitrogens with one attached hydrogen (secondary N) is 1. The molecule has 0 atom stereocenters. The lowest BCUT2D eigenvalue weighted by Gasteiger charge is -2.14. The number of rotatable bonds is 8. The summed E-state index contributed by atoms with van der Waals surface area (Å²) in [5.41, 5.74) is 2.12. The van der Waals surface area contributed by atoms with Crippen LogP contribution in [0.15, 0.2) is 76.3 Å². The number of amides is 1. The van der Waals surface area contributed by atoms with E-state index in [0.717, 1.165) is 17.7 Å². The van der Waals surface area contributed by atoms with E-state index in [2.05, 4.69) is 26.5 Å². The molecule has 0 saturated heterocycles.